The van der Waals surface area contributed by atoms with Crippen LogP contribution in [-0.4, -0.2) is 33.3 Å². The van der Waals surface area contributed by atoms with Crippen molar-refractivity contribution in [2.45, 2.75) is 38.4 Å². The van der Waals surface area contributed by atoms with Gasteiger partial charge in [-0.25, -0.2) is 9.67 Å². The highest BCUT2D eigenvalue weighted by Crippen LogP contribution is 2.11. The van der Waals surface area contributed by atoms with E-state index in [0.717, 1.165) is 36.9 Å². The van der Waals surface area contributed by atoms with E-state index >= 15 is 0 Å². The van der Waals surface area contributed by atoms with Crippen molar-refractivity contribution in [3.05, 3.63) is 48.0 Å². The van der Waals surface area contributed by atoms with Gasteiger partial charge in [-0.05, 0) is 30.5 Å². The SMILES string of the molecule is O=C(NCc1ccccc1Cn1cncn1)C1CCCCN1. The zero-order valence-corrected chi connectivity index (χ0v) is 12.5. The molecule has 116 valence electrons. The van der Waals surface area contributed by atoms with Gasteiger partial charge in [0.25, 0.3) is 0 Å². The molecular formula is C16H21N5O. The lowest BCUT2D eigenvalue weighted by atomic mass is 10.0. The molecule has 1 unspecified atom stereocenters. The van der Waals surface area contributed by atoms with Crippen LogP contribution in [0.5, 0.6) is 0 Å². The van der Waals surface area contributed by atoms with Crippen molar-refractivity contribution in [2.24, 2.45) is 0 Å². The van der Waals surface area contributed by atoms with Crippen LogP contribution >= 0.6 is 0 Å². The van der Waals surface area contributed by atoms with E-state index in [0.29, 0.717) is 13.1 Å². The molecule has 1 atom stereocenters. The monoisotopic (exact) mass is 299 g/mol. The Hall–Kier alpha value is -2.21. The van der Waals surface area contributed by atoms with Gasteiger partial charge in [0, 0.05) is 6.54 Å². The normalized spacial score (nSPS) is 18.1. The highest BCUT2D eigenvalue weighted by Gasteiger charge is 2.20. The fourth-order valence-corrected chi connectivity index (χ4v) is 2.75. The van der Waals surface area contributed by atoms with Crippen molar-refractivity contribution in [3.8, 4) is 0 Å². The second kappa shape index (κ2) is 7.17. The number of amides is 1. The minimum atomic E-state index is -0.0452. The van der Waals surface area contributed by atoms with Crippen molar-refractivity contribution < 1.29 is 4.79 Å². The molecule has 6 nitrogen and oxygen atoms in total. The summed E-state index contributed by atoms with van der Waals surface area (Å²) in [6.45, 7) is 2.14. The number of piperidine rings is 1. The minimum Gasteiger partial charge on any atom is -0.351 e. The van der Waals surface area contributed by atoms with Crippen molar-refractivity contribution in [2.75, 3.05) is 6.54 Å². The number of hydrogen-bond donors (Lipinski definition) is 2. The van der Waals surface area contributed by atoms with Crippen molar-refractivity contribution in [1.29, 1.82) is 0 Å². The first kappa shape index (κ1) is 14.7. The van der Waals surface area contributed by atoms with Gasteiger partial charge in [0.05, 0.1) is 12.6 Å². The van der Waals surface area contributed by atoms with Gasteiger partial charge in [0.15, 0.2) is 0 Å². The van der Waals surface area contributed by atoms with Crippen LogP contribution in [0, 0.1) is 0 Å². The van der Waals surface area contributed by atoms with Crippen LogP contribution < -0.4 is 10.6 Å². The number of benzene rings is 1. The van der Waals surface area contributed by atoms with E-state index in [1.54, 1.807) is 11.0 Å². The third-order valence-electron chi connectivity index (χ3n) is 4.00. The van der Waals surface area contributed by atoms with E-state index in [1.807, 2.05) is 18.2 Å². The van der Waals surface area contributed by atoms with E-state index in [9.17, 15) is 4.79 Å². The summed E-state index contributed by atoms with van der Waals surface area (Å²) < 4.78 is 1.78. The van der Waals surface area contributed by atoms with Crippen LogP contribution in [0.25, 0.3) is 0 Å². The molecule has 0 aliphatic carbocycles. The minimum absolute atomic E-state index is 0.0452. The van der Waals surface area contributed by atoms with Crippen LogP contribution in [0.1, 0.15) is 30.4 Å². The number of hydrogen-bond acceptors (Lipinski definition) is 4. The maximum absolute atomic E-state index is 12.2. The molecule has 2 heterocycles. The number of nitrogens with zero attached hydrogens (tertiary/aromatic N) is 3. The van der Waals surface area contributed by atoms with Gasteiger partial charge < -0.3 is 10.6 Å². The summed E-state index contributed by atoms with van der Waals surface area (Å²) in [7, 11) is 0. The Labute approximate surface area is 129 Å². The van der Waals surface area contributed by atoms with Gasteiger partial charge >= 0.3 is 0 Å². The molecule has 3 rings (SSSR count). The smallest absolute Gasteiger partial charge is 0.237 e. The average Bonchev–Trinajstić information content (AvgIpc) is 3.07. The van der Waals surface area contributed by atoms with Crippen LogP contribution in [0.15, 0.2) is 36.9 Å². The first-order chi connectivity index (χ1) is 10.8. The van der Waals surface area contributed by atoms with Crippen molar-refractivity contribution >= 4 is 5.91 Å². The Morgan fingerprint density at radius 2 is 2.18 bits per heavy atom. The van der Waals surface area contributed by atoms with Gasteiger partial charge in [-0.3, -0.25) is 4.79 Å². The summed E-state index contributed by atoms with van der Waals surface area (Å²) in [6, 6.07) is 8.05. The second-order valence-corrected chi connectivity index (χ2v) is 5.58. The van der Waals surface area contributed by atoms with Gasteiger partial charge in [-0.2, -0.15) is 5.10 Å². The molecule has 2 N–H and O–H groups in total. The van der Waals surface area contributed by atoms with E-state index in [-0.39, 0.29) is 11.9 Å². The van der Waals surface area contributed by atoms with Crippen LogP contribution in [0.4, 0.5) is 0 Å². The number of nitrogens with one attached hydrogen (secondary N) is 2. The van der Waals surface area contributed by atoms with Gasteiger partial charge in [0.2, 0.25) is 5.91 Å². The zero-order valence-electron chi connectivity index (χ0n) is 12.5. The molecule has 1 fully saturated rings. The predicted molar refractivity (Wildman–Crippen MR) is 83.1 cm³/mol. The molecule has 6 heteroatoms. The summed E-state index contributed by atoms with van der Waals surface area (Å²) in [5, 5.41) is 10.4. The quantitative estimate of drug-likeness (QED) is 0.867. The molecule has 1 aromatic heterocycles. The fourth-order valence-electron chi connectivity index (χ4n) is 2.75. The first-order valence-electron chi connectivity index (χ1n) is 7.73. The molecule has 22 heavy (non-hydrogen) atoms. The molecule has 1 saturated heterocycles. The molecular weight excluding hydrogens is 278 g/mol. The molecule has 1 aliphatic heterocycles. The molecule has 0 radical (unpaired) electrons. The van der Waals surface area contributed by atoms with E-state index < -0.39 is 0 Å². The highest BCUT2D eigenvalue weighted by atomic mass is 16.2. The molecule has 0 bridgehead atoms. The summed E-state index contributed by atoms with van der Waals surface area (Å²) >= 11 is 0. The summed E-state index contributed by atoms with van der Waals surface area (Å²) in [5.41, 5.74) is 2.26. The summed E-state index contributed by atoms with van der Waals surface area (Å²) in [5.74, 6) is 0.0928. The summed E-state index contributed by atoms with van der Waals surface area (Å²) in [4.78, 5) is 16.2. The molecule has 1 aliphatic rings. The van der Waals surface area contributed by atoms with E-state index in [4.69, 9.17) is 0 Å². The lowest BCUT2D eigenvalue weighted by Crippen LogP contribution is -2.46. The third-order valence-corrected chi connectivity index (χ3v) is 4.00. The van der Waals surface area contributed by atoms with Crippen LogP contribution in [-0.2, 0) is 17.9 Å². The summed E-state index contributed by atoms with van der Waals surface area (Å²) in [6.07, 6.45) is 6.42. The Bertz CT molecular complexity index is 605. The van der Waals surface area contributed by atoms with Crippen molar-refractivity contribution in [3.63, 3.8) is 0 Å². The maximum atomic E-state index is 12.2. The van der Waals surface area contributed by atoms with E-state index in [1.165, 1.54) is 6.33 Å². The Balaban J connectivity index is 1.61. The standard InChI is InChI=1S/C16H21N5O/c22-16(15-7-3-4-8-18-15)19-9-13-5-1-2-6-14(13)10-21-12-17-11-20-21/h1-2,5-6,11-12,15,18H,3-4,7-10H2,(H,19,22). The van der Waals surface area contributed by atoms with Crippen molar-refractivity contribution in [1.82, 2.24) is 25.4 Å². The highest BCUT2D eigenvalue weighted by molar-refractivity contribution is 5.81. The first-order valence-corrected chi connectivity index (χ1v) is 7.73. The predicted octanol–water partition coefficient (Wildman–Crippen LogP) is 1.08. The average molecular weight is 299 g/mol. The van der Waals surface area contributed by atoms with E-state index in [2.05, 4.69) is 26.8 Å². The van der Waals surface area contributed by atoms with Gasteiger partial charge in [0.1, 0.15) is 12.7 Å². The van der Waals surface area contributed by atoms with Crippen LogP contribution in [0.3, 0.4) is 0 Å². The number of carbonyl (C=O) groups excluding carboxylic acids is 1. The molecule has 2 aromatic rings. The second-order valence-electron chi connectivity index (χ2n) is 5.58. The lowest BCUT2D eigenvalue weighted by Gasteiger charge is -2.22. The molecule has 1 aromatic carbocycles. The van der Waals surface area contributed by atoms with Gasteiger partial charge in [-0.15, -0.1) is 0 Å². The fraction of sp³-hybridized carbons (Fsp3) is 0.438. The van der Waals surface area contributed by atoms with Crippen LogP contribution in [0.2, 0.25) is 0 Å². The maximum Gasteiger partial charge on any atom is 0.237 e. The Morgan fingerprint density at radius 1 is 1.32 bits per heavy atom. The Morgan fingerprint density at radius 3 is 2.91 bits per heavy atom. The third kappa shape index (κ3) is 3.71. The number of aromatic nitrogens is 3. The molecule has 0 saturated carbocycles. The Kier molecular flexibility index (Phi) is 4.80. The molecule has 0 spiro atoms. The zero-order chi connectivity index (χ0) is 15.2. The van der Waals surface area contributed by atoms with Gasteiger partial charge in [-0.1, -0.05) is 30.7 Å². The molecule has 1 amide bonds. The topological polar surface area (TPSA) is 71.8 Å². The lowest BCUT2D eigenvalue weighted by molar-refractivity contribution is -0.123. The number of carbonyl (C=O) groups is 1. The number of rotatable bonds is 5. The largest absolute Gasteiger partial charge is 0.351 e.